The van der Waals surface area contributed by atoms with Gasteiger partial charge in [-0.3, -0.25) is 4.79 Å². The van der Waals surface area contributed by atoms with Crippen LogP contribution in [0.5, 0.6) is 0 Å². The predicted octanol–water partition coefficient (Wildman–Crippen LogP) is 3.16. The standard InChI is InChI=1S/C13H15F3O2/c14-13(15,16)7-4-8-18-10-12(17)9-11-5-2-1-3-6-11/h1-3,5-6H,4,7-10H2. The zero-order chi connectivity index (χ0) is 13.4. The van der Waals surface area contributed by atoms with Crippen molar-refractivity contribution < 1.29 is 22.7 Å². The number of hydrogen-bond acceptors (Lipinski definition) is 2. The van der Waals surface area contributed by atoms with E-state index in [-0.39, 0.29) is 31.8 Å². The summed E-state index contributed by atoms with van der Waals surface area (Å²) in [6.07, 6.45) is -4.89. The molecule has 0 N–H and O–H groups in total. The fourth-order valence-electron chi connectivity index (χ4n) is 1.44. The molecule has 0 spiro atoms. The van der Waals surface area contributed by atoms with Crippen LogP contribution in [0.4, 0.5) is 13.2 Å². The van der Waals surface area contributed by atoms with Gasteiger partial charge in [0.2, 0.25) is 0 Å². The molecule has 0 saturated heterocycles. The lowest BCUT2D eigenvalue weighted by atomic mass is 10.1. The zero-order valence-electron chi connectivity index (χ0n) is 9.87. The second kappa shape index (κ2) is 7.16. The lowest BCUT2D eigenvalue weighted by molar-refractivity contribution is -0.138. The quantitative estimate of drug-likeness (QED) is 0.704. The summed E-state index contributed by atoms with van der Waals surface area (Å²) in [5.41, 5.74) is 0.876. The number of benzene rings is 1. The molecule has 0 heterocycles. The highest BCUT2D eigenvalue weighted by atomic mass is 19.4. The summed E-state index contributed by atoms with van der Waals surface area (Å²) in [6.45, 7) is -0.174. The SMILES string of the molecule is O=C(COCCCC(F)(F)F)Cc1ccccc1. The van der Waals surface area contributed by atoms with Crippen molar-refractivity contribution in [3.05, 3.63) is 35.9 Å². The smallest absolute Gasteiger partial charge is 0.374 e. The van der Waals surface area contributed by atoms with Crippen LogP contribution in [-0.2, 0) is 16.0 Å². The topological polar surface area (TPSA) is 26.3 Å². The second-order valence-corrected chi connectivity index (χ2v) is 3.97. The number of rotatable bonds is 7. The molecule has 18 heavy (non-hydrogen) atoms. The molecule has 1 aromatic carbocycles. The van der Waals surface area contributed by atoms with Gasteiger partial charge in [0.05, 0.1) is 0 Å². The van der Waals surface area contributed by atoms with E-state index in [4.69, 9.17) is 4.74 Å². The molecule has 0 aliphatic carbocycles. The normalized spacial score (nSPS) is 11.5. The minimum atomic E-state index is -4.16. The third-order valence-electron chi connectivity index (χ3n) is 2.26. The highest BCUT2D eigenvalue weighted by Crippen LogP contribution is 2.20. The number of ether oxygens (including phenoxy) is 1. The van der Waals surface area contributed by atoms with E-state index in [0.717, 1.165) is 5.56 Å². The van der Waals surface area contributed by atoms with E-state index in [1.54, 1.807) is 0 Å². The Hall–Kier alpha value is -1.36. The molecular formula is C13H15F3O2. The minimum Gasteiger partial charge on any atom is -0.374 e. The van der Waals surface area contributed by atoms with Crippen LogP contribution in [0.3, 0.4) is 0 Å². The maximum atomic E-state index is 11.8. The van der Waals surface area contributed by atoms with Crippen LogP contribution in [0.2, 0.25) is 0 Å². The largest absolute Gasteiger partial charge is 0.389 e. The summed E-state index contributed by atoms with van der Waals surface area (Å²) in [4.78, 5) is 11.4. The number of ketones is 1. The Morgan fingerprint density at radius 2 is 1.83 bits per heavy atom. The van der Waals surface area contributed by atoms with Gasteiger partial charge in [0.25, 0.3) is 0 Å². The summed E-state index contributed by atoms with van der Waals surface area (Å²) in [6, 6.07) is 9.14. The van der Waals surface area contributed by atoms with Crippen molar-refractivity contribution in [1.29, 1.82) is 0 Å². The number of halogens is 3. The Morgan fingerprint density at radius 3 is 2.44 bits per heavy atom. The van der Waals surface area contributed by atoms with E-state index in [2.05, 4.69) is 0 Å². The molecule has 0 aliphatic heterocycles. The number of hydrogen-bond donors (Lipinski definition) is 0. The van der Waals surface area contributed by atoms with Crippen LogP contribution in [0.25, 0.3) is 0 Å². The van der Waals surface area contributed by atoms with Gasteiger partial charge in [-0.2, -0.15) is 13.2 Å². The van der Waals surface area contributed by atoms with Gasteiger partial charge in [-0.25, -0.2) is 0 Å². The van der Waals surface area contributed by atoms with E-state index in [1.165, 1.54) is 0 Å². The van der Waals surface area contributed by atoms with Crippen LogP contribution in [0.1, 0.15) is 18.4 Å². The Kier molecular flexibility index (Phi) is 5.85. The molecule has 100 valence electrons. The molecule has 0 aromatic heterocycles. The first-order chi connectivity index (χ1) is 8.47. The first kappa shape index (κ1) is 14.7. The minimum absolute atomic E-state index is 0.0416. The number of alkyl halides is 3. The van der Waals surface area contributed by atoms with Crippen molar-refractivity contribution in [3.63, 3.8) is 0 Å². The van der Waals surface area contributed by atoms with Gasteiger partial charge in [0, 0.05) is 19.4 Å². The van der Waals surface area contributed by atoms with Crippen molar-refractivity contribution in [2.75, 3.05) is 13.2 Å². The number of carbonyl (C=O) groups is 1. The summed E-state index contributed by atoms with van der Waals surface area (Å²) in [5, 5.41) is 0. The molecule has 0 fully saturated rings. The summed E-state index contributed by atoms with van der Waals surface area (Å²) in [7, 11) is 0. The maximum absolute atomic E-state index is 11.8. The summed E-state index contributed by atoms with van der Waals surface area (Å²) in [5.74, 6) is -0.131. The van der Waals surface area contributed by atoms with Crippen LogP contribution in [-0.4, -0.2) is 25.2 Å². The van der Waals surface area contributed by atoms with Gasteiger partial charge >= 0.3 is 6.18 Å². The van der Waals surface area contributed by atoms with Crippen molar-refractivity contribution in [1.82, 2.24) is 0 Å². The first-order valence-electron chi connectivity index (χ1n) is 5.67. The molecular weight excluding hydrogens is 245 g/mol. The molecule has 5 heteroatoms. The van der Waals surface area contributed by atoms with E-state index in [0.29, 0.717) is 0 Å². The third kappa shape index (κ3) is 7.06. The number of carbonyl (C=O) groups excluding carboxylic acids is 1. The first-order valence-corrected chi connectivity index (χ1v) is 5.67. The summed E-state index contributed by atoms with van der Waals surface area (Å²) >= 11 is 0. The highest BCUT2D eigenvalue weighted by molar-refractivity contribution is 5.81. The molecule has 0 saturated carbocycles. The van der Waals surface area contributed by atoms with Crippen molar-refractivity contribution in [2.45, 2.75) is 25.4 Å². The molecule has 0 unspecified atom stereocenters. The van der Waals surface area contributed by atoms with Gasteiger partial charge in [0.15, 0.2) is 5.78 Å². The Labute approximate surface area is 104 Å². The third-order valence-corrected chi connectivity index (χ3v) is 2.26. The maximum Gasteiger partial charge on any atom is 0.389 e. The molecule has 1 aromatic rings. The molecule has 1 rings (SSSR count). The zero-order valence-corrected chi connectivity index (χ0v) is 9.87. The fourth-order valence-corrected chi connectivity index (χ4v) is 1.44. The molecule has 0 bridgehead atoms. The Morgan fingerprint density at radius 1 is 1.17 bits per heavy atom. The van der Waals surface area contributed by atoms with Crippen LogP contribution in [0, 0.1) is 0 Å². The van der Waals surface area contributed by atoms with Crippen molar-refractivity contribution in [2.24, 2.45) is 0 Å². The van der Waals surface area contributed by atoms with Gasteiger partial charge in [-0.1, -0.05) is 30.3 Å². The van der Waals surface area contributed by atoms with E-state index < -0.39 is 12.6 Å². The van der Waals surface area contributed by atoms with Gasteiger partial charge in [-0.15, -0.1) is 0 Å². The Bertz CT molecular complexity index is 360. The Balaban J connectivity index is 2.11. The summed E-state index contributed by atoms with van der Waals surface area (Å²) < 4.78 is 40.3. The monoisotopic (exact) mass is 260 g/mol. The highest BCUT2D eigenvalue weighted by Gasteiger charge is 2.25. The molecule has 0 atom stereocenters. The van der Waals surface area contributed by atoms with Crippen LogP contribution < -0.4 is 0 Å². The van der Waals surface area contributed by atoms with Gasteiger partial charge in [-0.05, 0) is 12.0 Å². The van der Waals surface area contributed by atoms with Gasteiger partial charge < -0.3 is 4.74 Å². The van der Waals surface area contributed by atoms with Crippen molar-refractivity contribution >= 4 is 5.78 Å². The van der Waals surface area contributed by atoms with E-state index >= 15 is 0 Å². The van der Waals surface area contributed by atoms with Crippen molar-refractivity contribution in [3.8, 4) is 0 Å². The molecule has 0 radical (unpaired) electrons. The van der Waals surface area contributed by atoms with Crippen LogP contribution in [0.15, 0.2) is 30.3 Å². The molecule has 2 nitrogen and oxygen atoms in total. The average Bonchev–Trinajstić information content (AvgIpc) is 2.28. The molecule has 0 amide bonds. The van der Waals surface area contributed by atoms with E-state index in [9.17, 15) is 18.0 Å². The van der Waals surface area contributed by atoms with Crippen LogP contribution >= 0.6 is 0 Å². The fraction of sp³-hybridized carbons (Fsp3) is 0.462. The predicted molar refractivity (Wildman–Crippen MR) is 61.3 cm³/mol. The lowest BCUT2D eigenvalue weighted by Gasteiger charge is -2.06. The lowest BCUT2D eigenvalue weighted by Crippen LogP contribution is -2.14. The second-order valence-electron chi connectivity index (χ2n) is 3.97. The van der Waals surface area contributed by atoms with Gasteiger partial charge in [0.1, 0.15) is 6.61 Å². The number of Topliss-reactive ketones (excluding diaryl/α,β-unsaturated/α-hetero) is 1. The average molecular weight is 260 g/mol. The molecule has 0 aliphatic rings. The van der Waals surface area contributed by atoms with E-state index in [1.807, 2.05) is 30.3 Å².